The summed E-state index contributed by atoms with van der Waals surface area (Å²) >= 11 is 0. The standard InChI is InChI=1S/C42H53N5O6/c48-37-16-14-34(35-15-17-39(50)45-41(35)37)38(49)29-43-23-8-2-5-13-40(51)47-27-19-30(20-28-47)18-24-46-25-21-32(22-26-46)53-42(52)44-36-12-7-6-11-33(36)31-9-3-1-4-10-31/h1,3-4,6-7,9-12,14-17,30,32,38,43,48-49H,2,5,8,13,18-29H2,(H,44,52)(H,45,50)/t38-/m0/s1. The third-order valence-electron chi connectivity index (χ3n) is 10.7. The fraction of sp³-hybridized carbons (Fsp3) is 0.452. The summed E-state index contributed by atoms with van der Waals surface area (Å²) in [6, 6.07) is 24.0. The largest absolute Gasteiger partial charge is 0.506 e. The average Bonchev–Trinajstić information content (AvgIpc) is 3.18. The summed E-state index contributed by atoms with van der Waals surface area (Å²) in [7, 11) is 0. The molecule has 2 saturated heterocycles. The van der Waals surface area contributed by atoms with E-state index in [0.29, 0.717) is 35.3 Å². The molecule has 4 aromatic rings. The van der Waals surface area contributed by atoms with Crippen LogP contribution in [0.2, 0.25) is 0 Å². The van der Waals surface area contributed by atoms with Gasteiger partial charge in [0.15, 0.2) is 0 Å². The van der Waals surface area contributed by atoms with Crippen molar-refractivity contribution in [1.29, 1.82) is 0 Å². The number of anilines is 1. The number of aromatic amines is 1. The molecule has 2 amide bonds. The van der Waals surface area contributed by atoms with Crippen molar-refractivity contribution >= 4 is 28.6 Å². The number of para-hydroxylation sites is 1. The molecule has 2 aliphatic rings. The molecule has 0 spiro atoms. The van der Waals surface area contributed by atoms with E-state index in [4.69, 9.17) is 4.74 Å². The lowest BCUT2D eigenvalue weighted by molar-refractivity contribution is -0.132. The number of nitrogens with one attached hydrogen (secondary N) is 3. The first-order valence-electron chi connectivity index (χ1n) is 19.2. The zero-order valence-electron chi connectivity index (χ0n) is 30.5. The van der Waals surface area contributed by atoms with Crippen LogP contribution in [0.1, 0.15) is 69.5 Å². The number of aromatic hydroxyl groups is 1. The number of rotatable bonds is 15. The highest BCUT2D eigenvalue weighted by Crippen LogP contribution is 2.30. The molecule has 3 heterocycles. The average molecular weight is 724 g/mol. The number of unbranched alkanes of at least 4 members (excludes halogenated alkanes) is 2. The number of hydrogen-bond donors (Lipinski definition) is 5. The number of likely N-dealkylation sites (tertiary alicyclic amines) is 2. The van der Waals surface area contributed by atoms with Gasteiger partial charge in [0.2, 0.25) is 11.5 Å². The van der Waals surface area contributed by atoms with Crippen LogP contribution < -0.4 is 16.2 Å². The van der Waals surface area contributed by atoms with Gasteiger partial charge in [0.05, 0.1) is 17.3 Å². The van der Waals surface area contributed by atoms with Gasteiger partial charge < -0.3 is 35.1 Å². The number of amides is 2. The van der Waals surface area contributed by atoms with Gasteiger partial charge in [-0.1, -0.05) is 61.0 Å². The Morgan fingerprint density at radius 1 is 0.868 bits per heavy atom. The van der Waals surface area contributed by atoms with Crippen molar-refractivity contribution < 1.29 is 24.5 Å². The molecule has 0 unspecified atom stereocenters. The molecular formula is C42H53N5O6. The minimum Gasteiger partial charge on any atom is -0.506 e. The van der Waals surface area contributed by atoms with Crippen molar-refractivity contribution in [3.63, 3.8) is 0 Å². The number of nitrogens with zero attached hydrogens (tertiary/aromatic N) is 2. The molecule has 11 nitrogen and oxygen atoms in total. The molecule has 5 N–H and O–H groups in total. The number of fused-ring (bicyclic) bond motifs is 1. The number of phenolic OH excluding ortho intramolecular Hbond substituents is 1. The number of ether oxygens (including phenoxy) is 1. The molecule has 2 aliphatic heterocycles. The Kier molecular flexibility index (Phi) is 13.5. The van der Waals surface area contributed by atoms with Crippen LogP contribution in [-0.2, 0) is 9.53 Å². The van der Waals surface area contributed by atoms with Crippen molar-refractivity contribution in [3.8, 4) is 16.9 Å². The second-order valence-electron chi connectivity index (χ2n) is 14.4. The van der Waals surface area contributed by atoms with Crippen LogP contribution in [0.25, 0.3) is 22.0 Å². The Balaban J connectivity index is 0.798. The maximum Gasteiger partial charge on any atom is 0.411 e. The first kappa shape index (κ1) is 38.0. The maximum atomic E-state index is 12.9. The molecule has 11 heteroatoms. The van der Waals surface area contributed by atoms with E-state index in [0.717, 1.165) is 107 Å². The first-order chi connectivity index (χ1) is 25.8. The first-order valence-corrected chi connectivity index (χ1v) is 19.2. The smallest absolute Gasteiger partial charge is 0.411 e. The topological polar surface area (TPSA) is 147 Å². The SMILES string of the molecule is O=C(Nc1ccccc1-c1ccccc1)OC1CCN(CCC2CCN(C(=O)CCCCCNC[C@H](O)c3ccc(O)c4[nH]c(=O)ccc34)CC2)CC1. The summed E-state index contributed by atoms with van der Waals surface area (Å²) in [6.45, 7) is 5.63. The van der Waals surface area contributed by atoms with Crippen molar-refractivity contribution in [3.05, 3.63) is 94.8 Å². The summed E-state index contributed by atoms with van der Waals surface area (Å²) in [4.78, 5) is 44.4. The predicted octanol–water partition coefficient (Wildman–Crippen LogP) is 6.43. The number of carbonyl (C=O) groups is 2. The quantitative estimate of drug-likeness (QED) is 0.0883. The highest BCUT2D eigenvalue weighted by molar-refractivity contribution is 5.91. The second-order valence-corrected chi connectivity index (χ2v) is 14.4. The van der Waals surface area contributed by atoms with Gasteiger partial charge in [0.1, 0.15) is 11.9 Å². The Morgan fingerprint density at radius 3 is 2.42 bits per heavy atom. The number of piperidine rings is 2. The molecule has 1 atom stereocenters. The Labute approximate surface area is 311 Å². The number of aliphatic hydroxyl groups excluding tert-OH is 1. The van der Waals surface area contributed by atoms with Gasteiger partial charge in [0, 0.05) is 56.2 Å². The van der Waals surface area contributed by atoms with E-state index >= 15 is 0 Å². The van der Waals surface area contributed by atoms with Gasteiger partial charge >= 0.3 is 6.09 Å². The monoisotopic (exact) mass is 723 g/mol. The van der Waals surface area contributed by atoms with E-state index in [9.17, 15) is 24.6 Å². The molecule has 0 saturated carbocycles. The zero-order valence-corrected chi connectivity index (χ0v) is 30.5. The van der Waals surface area contributed by atoms with Gasteiger partial charge in [-0.25, -0.2) is 4.79 Å². The van der Waals surface area contributed by atoms with Crippen molar-refractivity contribution in [2.45, 2.75) is 70.0 Å². The number of aromatic nitrogens is 1. The number of hydrogen-bond acceptors (Lipinski definition) is 8. The highest BCUT2D eigenvalue weighted by atomic mass is 16.6. The third-order valence-corrected chi connectivity index (χ3v) is 10.7. The molecule has 6 rings (SSSR count). The number of pyridine rings is 1. The molecule has 0 radical (unpaired) electrons. The normalized spacial score (nSPS) is 16.4. The van der Waals surface area contributed by atoms with Crippen LogP contribution in [0.3, 0.4) is 0 Å². The molecule has 1 aromatic heterocycles. The summed E-state index contributed by atoms with van der Waals surface area (Å²) < 4.78 is 5.82. The summed E-state index contributed by atoms with van der Waals surface area (Å²) in [5.41, 5.74) is 3.42. The van der Waals surface area contributed by atoms with Crippen molar-refractivity contribution in [1.82, 2.24) is 20.1 Å². The molecule has 3 aromatic carbocycles. The van der Waals surface area contributed by atoms with Gasteiger partial charge in [-0.15, -0.1) is 0 Å². The van der Waals surface area contributed by atoms with Crippen LogP contribution in [0.5, 0.6) is 5.75 Å². The van der Waals surface area contributed by atoms with Crippen LogP contribution in [0.4, 0.5) is 10.5 Å². The fourth-order valence-electron chi connectivity index (χ4n) is 7.60. The van der Waals surface area contributed by atoms with Crippen LogP contribution in [0, 0.1) is 5.92 Å². The molecule has 53 heavy (non-hydrogen) atoms. The maximum absolute atomic E-state index is 12.9. The second kappa shape index (κ2) is 18.9. The van der Waals surface area contributed by atoms with E-state index in [1.165, 1.54) is 12.1 Å². The van der Waals surface area contributed by atoms with Crippen LogP contribution >= 0.6 is 0 Å². The van der Waals surface area contributed by atoms with Crippen molar-refractivity contribution in [2.24, 2.45) is 5.92 Å². The van der Waals surface area contributed by atoms with Crippen molar-refractivity contribution in [2.75, 3.05) is 51.1 Å². The molecular weight excluding hydrogens is 670 g/mol. The Hall–Kier alpha value is -4.71. The molecule has 0 aliphatic carbocycles. The van der Waals surface area contributed by atoms with Gasteiger partial charge in [-0.2, -0.15) is 0 Å². The van der Waals surface area contributed by atoms with Gasteiger partial charge in [-0.05, 0) is 93.3 Å². The number of carbonyl (C=O) groups excluding carboxylic acids is 2. The third kappa shape index (κ3) is 10.7. The van der Waals surface area contributed by atoms with Crippen LogP contribution in [0.15, 0.2) is 83.7 Å². The van der Waals surface area contributed by atoms with Gasteiger partial charge in [-0.3, -0.25) is 14.9 Å². The lowest BCUT2D eigenvalue weighted by Crippen LogP contribution is -2.41. The van der Waals surface area contributed by atoms with Gasteiger partial charge in [0.25, 0.3) is 0 Å². The molecule has 2 fully saturated rings. The Bertz CT molecular complexity index is 1850. The number of aliphatic hydroxyl groups is 1. The summed E-state index contributed by atoms with van der Waals surface area (Å²) in [6.07, 6.45) is 6.89. The number of H-pyrrole nitrogens is 1. The predicted molar refractivity (Wildman–Crippen MR) is 208 cm³/mol. The van der Waals surface area contributed by atoms with E-state index < -0.39 is 12.2 Å². The lowest BCUT2D eigenvalue weighted by atomic mass is 9.92. The highest BCUT2D eigenvalue weighted by Gasteiger charge is 2.26. The zero-order chi connectivity index (χ0) is 37.0. The lowest BCUT2D eigenvalue weighted by Gasteiger charge is -2.35. The summed E-state index contributed by atoms with van der Waals surface area (Å²) in [5.74, 6) is 0.854. The minimum atomic E-state index is -0.782. The van der Waals surface area contributed by atoms with E-state index in [2.05, 4.69) is 20.5 Å². The number of phenols is 1. The Morgan fingerprint density at radius 2 is 1.62 bits per heavy atom. The molecule has 282 valence electrons. The van der Waals surface area contributed by atoms with E-state index in [1.54, 1.807) is 12.1 Å². The minimum absolute atomic E-state index is 0.0261. The fourth-order valence-corrected chi connectivity index (χ4v) is 7.60. The summed E-state index contributed by atoms with van der Waals surface area (Å²) in [5, 5.41) is 27.7. The molecule has 0 bridgehead atoms. The van der Waals surface area contributed by atoms with Crippen LogP contribution in [-0.4, -0.2) is 88.9 Å². The number of benzene rings is 3. The van der Waals surface area contributed by atoms with E-state index in [-0.39, 0.29) is 23.3 Å². The van der Waals surface area contributed by atoms with E-state index in [1.807, 2.05) is 59.5 Å².